The van der Waals surface area contributed by atoms with Crippen LogP contribution in [-0.4, -0.2) is 60.9 Å². The first-order valence-corrected chi connectivity index (χ1v) is 15.9. The summed E-state index contributed by atoms with van der Waals surface area (Å²) < 4.78 is 68.0. The number of rotatable bonds is 22. The topological polar surface area (TPSA) is 167 Å². The van der Waals surface area contributed by atoms with Gasteiger partial charge in [-0.15, -0.1) is 0 Å². The molecule has 0 bridgehead atoms. The van der Waals surface area contributed by atoms with Gasteiger partial charge in [0.2, 0.25) is 0 Å². The molecular weight excluding hydrogens is 537 g/mol. The summed E-state index contributed by atoms with van der Waals surface area (Å²) in [6.45, 7) is 4.36. The van der Waals surface area contributed by atoms with Crippen LogP contribution in [0.2, 0.25) is 0 Å². The van der Waals surface area contributed by atoms with Crippen molar-refractivity contribution < 1.29 is 43.9 Å². The van der Waals surface area contributed by atoms with Crippen LogP contribution in [0.3, 0.4) is 0 Å². The Bertz CT molecular complexity index is 691. The van der Waals surface area contributed by atoms with Gasteiger partial charge in [0.25, 0.3) is 20.8 Å². The van der Waals surface area contributed by atoms with Gasteiger partial charge < -0.3 is 17.5 Å². The summed E-state index contributed by atoms with van der Waals surface area (Å²) >= 11 is 0. The first kappa shape index (κ1) is 41.0. The van der Waals surface area contributed by atoms with Gasteiger partial charge in [-0.2, -0.15) is 0 Å². The first-order chi connectivity index (χ1) is 16.9. The van der Waals surface area contributed by atoms with E-state index in [0.717, 1.165) is 38.5 Å². The average Bonchev–Trinajstić information content (AvgIpc) is 2.75. The van der Waals surface area contributed by atoms with Gasteiger partial charge in [-0.1, -0.05) is 117 Å². The van der Waals surface area contributed by atoms with Gasteiger partial charge >= 0.3 is 35.0 Å². The molecule has 0 saturated heterocycles. The van der Waals surface area contributed by atoms with Crippen molar-refractivity contribution in [2.75, 3.05) is 0 Å². The second kappa shape index (κ2) is 27.1. The van der Waals surface area contributed by atoms with Gasteiger partial charge in [0.1, 0.15) is 0 Å². The second-order valence-electron chi connectivity index (χ2n) is 8.88. The third-order valence-corrected chi connectivity index (χ3v) is 6.14. The summed E-state index contributed by atoms with van der Waals surface area (Å²) in [6.07, 6.45) is 19.7. The van der Waals surface area contributed by atoms with Crippen LogP contribution >= 0.6 is 0 Å². The second-order valence-corrected chi connectivity index (χ2v) is 10.9. The zero-order chi connectivity index (χ0) is 27.7. The van der Waals surface area contributed by atoms with Gasteiger partial charge in [0.05, 0.1) is 0 Å². The zero-order valence-electron chi connectivity index (χ0n) is 22.7. The molecule has 0 heterocycles. The average molecular weight is 583 g/mol. The number of hydrogen-bond donors (Lipinski definition) is 0. The fourth-order valence-electron chi connectivity index (χ4n) is 3.47. The number of unbranched alkanes of at least 4 members (excludes halogenated alkanes) is 16. The normalized spacial score (nSPS) is 11.1. The minimum atomic E-state index is -4.88. The van der Waals surface area contributed by atoms with Crippen molar-refractivity contribution in [1.29, 1.82) is 0 Å². The maximum Gasteiger partial charge on any atom is 2.00 e. The van der Waals surface area contributed by atoms with Crippen molar-refractivity contribution in [2.45, 2.75) is 142 Å². The standard InChI is InChI=1S/2C12H24O5S.Mg/c2*1-2-3-4-5-6-7-8-9-10-11-12(13)17-18(14,15)16;/h2*2-11H2,1H3,(H,14,15,16);/q;;+2/p-2. The number of hydrogen-bond acceptors (Lipinski definition) is 10. The van der Waals surface area contributed by atoms with Gasteiger partial charge in [-0.25, -0.2) is 16.8 Å². The summed E-state index contributed by atoms with van der Waals surface area (Å²) in [5.74, 6) is -1.90. The monoisotopic (exact) mass is 582 g/mol. The minimum absolute atomic E-state index is 0. The largest absolute Gasteiger partial charge is 2.00 e. The van der Waals surface area contributed by atoms with Crippen molar-refractivity contribution >= 4 is 55.8 Å². The molecule has 0 fully saturated rings. The molecule has 0 unspecified atom stereocenters. The van der Waals surface area contributed by atoms with Gasteiger partial charge in [-0.05, 0) is 12.8 Å². The predicted octanol–water partition coefficient (Wildman–Crippen LogP) is 5.44. The summed E-state index contributed by atoms with van der Waals surface area (Å²) in [5, 5.41) is 0. The molecule has 0 radical (unpaired) electrons. The molecule has 0 aliphatic carbocycles. The van der Waals surface area contributed by atoms with Crippen molar-refractivity contribution in [3.63, 3.8) is 0 Å². The maximum absolute atomic E-state index is 10.9. The minimum Gasteiger partial charge on any atom is -0.716 e. The van der Waals surface area contributed by atoms with Crippen LogP contribution in [0.1, 0.15) is 142 Å². The first-order valence-electron chi connectivity index (χ1n) is 13.3. The molecule has 0 atom stereocenters. The molecule has 216 valence electrons. The molecule has 0 aromatic carbocycles. The molecule has 0 amide bonds. The summed E-state index contributed by atoms with van der Waals surface area (Å²) in [6, 6.07) is 0. The van der Waals surface area contributed by atoms with E-state index < -0.39 is 32.7 Å². The number of carbonyl (C=O) groups excluding carboxylic acids is 2. The molecule has 0 N–H and O–H groups in total. The summed E-state index contributed by atoms with van der Waals surface area (Å²) in [4.78, 5) is 21.7. The fraction of sp³-hybridized carbons (Fsp3) is 0.917. The van der Waals surface area contributed by atoms with Crippen molar-refractivity contribution in [3.8, 4) is 0 Å². The van der Waals surface area contributed by atoms with Crippen molar-refractivity contribution in [3.05, 3.63) is 0 Å². The Labute approximate surface area is 241 Å². The molecule has 13 heteroatoms. The molecular formula is C24H46MgO10S2. The molecule has 10 nitrogen and oxygen atoms in total. The van der Waals surface area contributed by atoms with Gasteiger partial charge in [0.15, 0.2) is 0 Å². The van der Waals surface area contributed by atoms with E-state index in [2.05, 4.69) is 22.2 Å². The van der Waals surface area contributed by atoms with E-state index in [1.54, 1.807) is 0 Å². The Morgan fingerprint density at radius 3 is 0.919 bits per heavy atom. The molecule has 0 saturated carbocycles. The van der Waals surface area contributed by atoms with E-state index in [-0.39, 0.29) is 35.9 Å². The Morgan fingerprint density at radius 1 is 0.486 bits per heavy atom. The van der Waals surface area contributed by atoms with Gasteiger partial charge in [0, 0.05) is 12.8 Å². The van der Waals surface area contributed by atoms with Crippen LogP contribution < -0.4 is 0 Å². The fourth-order valence-corrected chi connectivity index (χ4v) is 4.09. The molecule has 0 aromatic rings. The summed E-state index contributed by atoms with van der Waals surface area (Å²) in [5.41, 5.74) is 0. The maximum atomic E-state index is 10.9. The van der Waals surface area contributed by atoms with E-state index in [4.69, 9.17) is 0 Å². The van der Waals surface area contributed by atoms with Gasteiger partial charge in [-0.3, -0.25) is 9.59 Å². The van der Waals surface area contributed by atoms with E-state index in [1.807, 2.05) is 0 Å². The Morgan fingerprint density at radius 2 is 0.703 bits per heavy atom. The smallest absolute Gasteiger partial charge is 0.716 e. The van der Waals surface area contributed by atoms with Crippen LogP contribution in [0.5, 0.6) is 0 Å². The molecule has 0 aliphatic rings. The molecule has 0 spiro atoms. The van der Waals surface area contributed by atoms with E-state index in [9.17, 15) is 35.5 Å². The third-order valence-electron chi connectivity index (χ3n) is 5.36. The SMILES string of the molecule is CCCCCCCCCCCC(=O)OS(=O)(=O)[O-].CCCCCCCCCCCC(=O)OS(=O)(=O)[O-].[Mg+2]. The Balaban J connectivity index is -0.000000608. The van der Waals surface area contributed by atoms with E-state index in [1.165, 1.54) is 64.2 Å². The predicted molar refractivity (Wildman–Crippen MR) is 141 cm³/mol. The van der Waals surface area contributed by atoms with E-state index >= 15 is 0 Å². The van der Waals surface area contributed by atoms with Crippen LogP contribution in [0.25, 0.3) is 0 Å². The Hall–Kier alpha value is -0.474. The number of carbonyl (C=O) groups is 2. The molecule has 0 aliphatic heterocycles. The molecule has 0 aromatic heterocycles. The van der Waals surface area contributed by atoms with Crippen LogP contribution in [-0.2, 0) is 38.8 Å². The van der Waals surface area contributed by atoms with E-state index in [0.29, 0.717) is 12.8 Å². The van der Waals surface area contributed by atoms with Crippen LogP contribution in [0, 0.1) is 0 Å². The zero-order valence-corrected chi connectivity index (χ0v) is 25.8. The quantitative estimate of drug-likeness (QED) is 0.0693. The van der Waals surface area contributed by atoms with Crippen molar-refractivity contribution in [2.24, 2.45) is 0 Å². The third kappa shape index (κ3) is 40.2. The molecule has 37 heavy (non-hydrogen) atoms. The summed E-state index contributed by atoms with van der Waals surface area (Å²) in [7, 11) is -9.77. The van der Waals surface area contributed by atoms with Crippen molar-refractivity contribution in [1.82, 2.24) is 0 Å². The molecule has 0 rings (SSSR count). The Kier molecular flexibility index (Phi) is 30.0. The van der Waals surface area contributed by atoms with Crippen LogP contribution in [0.4, 0.5) is 0 Å². The van der Waals surface area contributed by atoms with Crippen LogP contribution in [0.15, 0.2) is 0 Å².